The van der Waals surface area contributed by atoms with E-state index in [0.717, 1.165) is 25.9 Å². The molecule has 0 aliphatic carbocycles. The van der Waals surface area contributed by atoms with E-state index in [2.05, 4.69) is 10.6 Å². The van der Waals surface area contributed by atoms with Gasteiger partial charge in [0.15, 0.2) is 0 Å². The van der Waals surface area contributed by atoms with Gasteiger partial charge in [0.1, 0.15) is 17.5 Å². The average molecular weight is 447 g/mol. The molecule has 3 aliphatic heterocycles. The smallest absolute Gasteiger partial charge is 0.410 e. The zero-order valence-electron chi connectivity index (χ0n) is 18.9. The van der Waals surface area contributed by atoms with E-state index in [-0.39, 0.29) is 35.6 Å². The fourth-order valence-corrected chi connectivity index (χ4v) is 4.64. The molecule has 0 saturated carbocycles. The molecule has 1 atom stereocenters. The Balaban J connectivity index is 1.30. The first-order valence-electron chi connectivity index (χ1n) is 11.2. The first-order chi connectivity index (χ1) is 15.0. The van der Waals surface area contributed by atoms with Crippen LogP contribution in [0.25, 0.3) is 0 Å². The number of hydrogen-bond donors (Lipinski definition) is 2. The normalized spacial score (nSPS) is 22.9. The summed E-state index contributed by atoms with van der Waals surface area (Å²) in [4.78, 5) is 39.2. The second kappa shape index (κ2) is 8.26. The van der Waals surface area contributed by atoms with Gasteiger partial charge < -0.3 is 19.9 Å². The van der Waals surface area contributed by atoms with Crippen molar-refractivity contribution >= 4 is 29.3 Å². The highest BCUT2D eigenvalue weighted by Gasteiger charge is 2.48. The van der Waals surface area contributed by atoms with Gasteiger partial charge in [-0.05, 0) is 58.2 Å². The van der Waals surface area contributed by atoms with Crippen LogP contribution in [-0.2, 0) is 14.3 Å². The molecule has 2 N–H and O–H groups in total. The van der Waals surface area contributed by atoms with Crippen molar-refractivity contribution in [2.75, 3.05) is 36.4 Å². The van der Waals surface area contributed by atoms with E-state index in [1.165, 1.54) is 6.07 Å². The summed E-state index contributed by atoms with van der Waals surface area (Å²) < 4.78 is 20.3. The monoisotopic (exact) mass is 446 g/mol. The lowest BCUT2D eigenvalue weighted by molar-refractivity contribution is -0.133. The summed E-state index contributed by atoms with van der Waals surface area (Å²) in [6.07, 6.45) is 2.17. The van der Waals surface area contributed by atoms with Crippen molar-refractivity contribution < 1.29 is 23.5 Å². The first kappa shape index (κ1) is 22.4. The Hall–Kier alpha value is -2.84. The van der Waals surface area contributed by atoms with Crippen molar-refractivity contribution in [3.63, 3.8) is 0 Å². The average Bonchev–Trinajstić information content (AvgIpc) is 2.67. The van der Waals surface area contributed by atoms with Crippen molar-refractivity contribution in [2.24, 2.45) is 5.41 Å². The van der Waals surface area contributed by atoms with Crippen molar-refractivity contribution in [2.45, 2.75) is 58.1 Å². The summed E-state index contributed by atoms with van der Waals surface area (Å²) >= 11 is 0. The van der Waals surface area contributed by atoms with Gasteiger partial charge >= 0.3 is 6.09 Å². The Morgan fingerprint density at radius 3 is 2.50 bits per heavy atom. The van der Waals surface area contributed by atoms with E-state index in [0.29, 0.717) is 30.9 Å². The third kappa shape index (κ3) is 4.81. The van der Waals surface area contributed by atoms with Gasteiger partial charge in [0.25, 0.3) is 0 Å². The molecule has 1 spiro atoms. The molecule has 4 rings (SSSR count). The number of likely N-dealkylation sites (tertiary alicyclic amines) is 1. The summed E-state index contributed by atoms with van der Waals surface area (Å²) in [5.74, 6) is -1.01. The van der Waals surface area contributed by atoms with Crippen LogP contribution < -0.4 is 15.5 Å². The molecule has 3 fully saturated rings. The van der Waals surface area contributed by atoms with Crippen molar-refractivity contribution in [3.8, 4) is 0 Å². The SMILES string of the molecule is CC(C)(C)OC(=O)N1CC2(CCN(c3ccc(NC4CCC(=O)NC4=O)cc3F)CC2)C1. The lowest BCUT2D eigenvalue weighted by Gasteiger charge is -2.54. The third-order valence-electron chi connectivity index (χ3n) is 6.40. The molecule has 8 nitrogen and oxygen atoms in total. The Bertz CT molecular complexity index is 913. The molecule has 1 unspecified atom stereocenters. The maximum atomic E-state index is 14.9. The number of hydrogen-bond acceptors (Lipinski definition) is 6. The summed E-state index contributed by atoms with van der Waals surface area (Å²) in [6.45, 7) is 8.40. The highest BCUT2D eigenvalue weighted by molar-refractivity contribution is 6.01. The number of rotatable bonds is 3. The van der Waals surface area contributed by atoms with Crippen molar-refractivity contribution in [1.29, 1.82) is 0 Å². The van der Waals surface area contributed by atoms with Crippen LogP contribution in [0.5, 0.6) is 0 Å². The Labute approximate surface area is 187 Å². The van der Waals surface area contributed by atoms with E-state index in [1.807, 2.05) is 25.7 Å². The van der Waals surface area contributed by atoms with Crippen molar-refractivity contribution in [1.82, 2.24) is 10.2 Å². The number of anilines is 2. The molecule has 32 heavy (non-hydrogen) atoms. The molecule has 0 radical (unpaired) electrons. The number of halogens is 1. The number of carbonyl (C=O) groups excluding carboxylic acids is 3. The van der Waals surface area contributed by atoms with E-state index < -0.39 is 11.6 Å². The van der Waals surface area contributed by atoms with Gasteiger partial charge in [0, 0.05) is 43.7 Å². The molecule has 9 heteroatoms. The molecule has 3 saturated heterocycles. The van der Waals surface area contributed by atoms with Crippen LogP contribution >= 0.6 is 0 Å². The van der Waals surface area contributed by atoms with Crippen LogP contribution in [0.2, 0.25) is 0 Å². The highest BCUT2D eigenvalue weighted by atomic mass is 19.1. The van der Waals surface area contributed by atoms with Crippen molar-refractivity contribution in [3.05, 3.63) is 24.0 Å². The summed E-state index contributed by atoms with van der Waals surface area (Å²) in [7, 11) is 0. The van der Waals surface area contributed by atoms with Gasteiger partial charge in [-0.15, -0.1) is 0 Å². The molecular weight excluding hydrogens is 415 g/mol. The zero-order chi connectivity index (χ0) is 23.1. The van der Waals surface area contributed by atoms with Crippen LogP contribution in [0.4, 0.5) is 20.6 Å². The minimum Gasteiger partial charge on any atom is -0.444 e. The van der Waals surface area contributed by atoms with Crippen LogP contribution in [0.15, 0.2) is 18.2 Å². The van der Waals surface area contributed by atoms with Crippen LogP contribution in [0.1, 0.15) is 46.5 Å². The molecule has 3 amide bonds. The van der Waals surface area contributed by atoms with E-state index in [4.69, 9.17) is 4.74 Å². The van der Waals surface area contributed by atoms with Crippen LogP contribution in [0, 0.1) is 11.2 Å². The quantitative estimate of drug-likeness (QED) is 0.694. The number of imide groups is 1. The standard InChI is InChI=1S/C23H31FN4O4/c1-22(2,3)32-21(31)28-13-23(14-28)8-10-27(11-9-23)18-6-4-15(12-16(18)24)25-17-5-7-19(29)26-20(17)30/h4,6,12,17,25H,5,7-11,13-14H2,1-3H3,(H,26,29,30). The van der Waals surface area contributed by atoms with Gasteiger partial charge in [-0.3, -0.25) is 14.9 Å². The van der Waals surface area contributed by atoms with E-state index >= 15 is 0 Å². The van der Waals surface area contributed by atoms with Gasteiger partial charge in [-0.1, -0.05) is 0 Å². The topological polar surface area (TPSA) is 91.0 Å². The summed E-state index contributed by atoms with van der Waals surface area (Å²) in [5, 5.41) is 5.31. The molecule has 3 heterocycles. The van der Waals surface area contributed by atoms with Gasteiger partial charge in [-0.2, -0.15) is 0 Å². The number of amides is 3. The van der Waals surface area contributed by atoms with Gasteiger partial charge in [0.05, 0.1) is 5.69 Å². The van der Waals surface area contributed by atoms with E-state index in [1.54, 1.807) is 17.0 Å². The minimum absolute atomic E-state index is 0.0944. The third-order valence-corrected chi connectivity index (χ3v) is 6.40. The number of carbonyl (C=O) groups is 3. The maximum Gasteiger partial charge on any atom is 0.410 e. The van der Waals surface area contributed by atoms with E-state index in [9.17, 15) is 18.8 Å². The lowest BCUT2D eigenvalue weighted by Crippen LogP contribution is -2.62. The summed E-state index contributed by atoms with van der Waals surface area (Å²) in [6, 6.07) is 4.35. The second-order valence-electron chi connectivity index (χ2n) is 10.1. The predicted octanol–water partition coefficient (Wildman–Crippen LogP) is 2.88. The minimum atomic E-state index is -0.542. The number of piperidine rings is 2. The van der Waals surface area contributed by atoms with Crippen LogP contribution in [-0.4, -0.2) is 60.6 Å². The number of nitrogens with one attached hydrogen (secondary N) is 2. The molecule has 3 aliphatic rings. The molecule has 174 valence electrons. The van der Waals surface area contributed by atoms with Gasteiger partial charge in [0.2, 0.25) is 11.8 Å². The molecule has 0 bridgehead atoms. The maximum absolute atomic E-state index is 14.9. The molecular formula is C23H31FN4O4. The number of nitrogens with zero attached hydrogens (tertiary/aromatic N) is 2. The second-order valence-corrected chi connectivity index (χ2v) is 10.1. The Morgan fingerprint density at radius 1 is 1.22 bits per heavy atom. The number of ether oxygens (including phenoxy) is 1. The Morgan fingerprint density at radius 2 is 1.91 bits per heavy atom. The Kier molecular flexibility index (Phi) is 5.77. The van der Waals surface area contributed by atoms with Crippen LogP contribution in [0.3, 0.4) is 0 Å². The van der Waals surface area contributed by atoms with Gasteiger partial charge in [-0.25, -0.2) is 9.18 Å². The fourth-order valence-electron chi connectivity index (χ4n) is 4.64. The first-order valence-corrected chi connectivity index (χ1v) is 11.2. The molecule has 1 aromatic carbocycles. The zero-order valence-corrected chi connectivity index (χ0v) is 18.9. The predicted molar refractivity (Wildman–Crippen MR) is 118 cm³/mol. The number of benzene rings is 1. The molecule has 1 aromatic rings. The highest BCUT2D eigenvalue weighted by Crippen LogP contribution is 2.42. The fraction of sp³-hybridized carbons (Fsp3) is 0.609. The summed E-state index contributed by atoms with van der Waals surface area (Å²) in [5.41, 5.74) is 0.648. The molecule has 0 aromatic heterocycles. The lowest BCUT2D eigenvalue weighted by atomic mass is 9.72. The largest absolute Gasteiger partial charge is 0.444 e.